The molecular formula is C32H44N4O4. The number of piperidine rings is 3. The van der Waals surface area contributed by atoms with E-state index in [-0.39, 0.29) is 24.1 Å². The zero-order valence-corrected chi connectivity index (χ0v) is 23.7. The number of amides is 3. The zero-order chi connectivity index (χ0) is 27.5. The number of carbonyl (C=O) groups excluding carboxylic acids is 3. The summed E-state index contributed by atoms with van der Waals surface area (Å²) in [6, 6.07) is 5.51. The van der Waals surface area contributed by atoms with Crippen LogP contribution < -0.4 is 10.1 Å². The van der Waals surface area contributed by atoms with Gasteiger partial charge in [-0.05, 0) is 107 Å². The average Bonchev–Trinajstić information content (AvgIpc) is 3.29. The third-order valence-electron chi connectivity index (χ3n) is 9.78. The Kier molecular flexibility index (Phi) is 8.54. The van der Waals surface area contributed by atoms with Crippen molar-refractivity contribution in [3.8, 4) is 5.75 Å². The quantitative estimate of drug-likeness (QED) is 0.394. The summed E-state index contributed by atoms with van der Waals surface area (Å²) in [4.78, 5) is 43.9. The third kappa shape index (κ3) is 6.28. The van der Waals surface area contributed by atoms with Gasteiger partial charge in [0.05, 0.1) is 0 Å². The lowest BCUT2D eigenvalue weighted by Crippen LogP contribution is -2.52. The van der Waals surface area contributed by atoms with Gasteiger partial charge in [0.2, 0.25) is 11.8 Å². The predicted octanol–water partition coefficient (Wildman–Crippen LogP) is 3.75. The van der Waals surface area contributed by atoms with Crippen LogP contribution in [0.1, 0.15) is 80.1 Å². The molecule has 0 spiro atoms. The Labute approximate surface area is 238 Å². The van der Waals surface area contributed by atoms with Gasteiger partial charge in [-0.15, -0.1) is 0 Å². The number of nitrogens with one attached hydrogen (secondary N) is 1. The van der Waals surface area contributed by atoms with Gasteiger partial charge >= 0.3 is 0 Å². The summed E-state index contributed by atoms with van der Waals surface area (Å²) in [5.74, 6) is 1.62. The first-order valence-corrected chi connectivity index (χ1v) is 15.6. The third-order valence-corrected chi connectivity index (χ3v) is 9.78. The molecule has 0 bridgehead atoms. The maximum atomic E-state index is 13.0. The molecule has 216 valence electrons. The van der Waals surface area contributed by atoms with E-state index in [1.165, 1.54) is 77.5 Å². The van der Waals surface area contributed by atoms with Gasteiger partial charge in [0.1, 0.15) is 18.4 Å². The van der Waals surface area contributed by atoms with E-state index in [1.54, 1.807) is 4.90 Å². The van der Waals surface area contributed by atoms with Gasteiger partial charge in [0.15, 0.2) is 0 Å². The predicted molar refractivity (Wildman–Crippen MR) is 153 cm³/mol. The van der Waals surface area contributed by atoms with E-state index in [0.29, 0.717) is 31.2 Å². The van der Waals surface area contributed by atoms with Crippen LogP contribution in [0, 0.1) is 11.8 Å². The molecule has 0 aromatic heterocycles. The standard InChI is InChI=1S/C32H44N4O4/c37-30-12-11-29(31(38)33-30)36-21-25-18-27(9-10-28(25)32(36)39)40-22-26-8-4-5-15-35(26)20-24-13-16-34(17-14-24)19-23-6-2-1-3-7-23/h1-2,9-10,18,23-24,26,29H,3-8,11-17,19-22H2,(H,33,37,38)/t23?,26-,29?/m0/s1. The van der Waals surface area contributed by atoms with E-state index in [0.717, 1.165) is 29.7 Å². The largest absolute Gasteiger partial charge is 0.492 e. The van der Waals surface area contributed by atoms with Crippen molar-refractivity contribution >= 4 is 17.7 Å². The number of hydrogen-bond donors (Lipinski definition) is 1. The van der Waals surface area contributed by atoms with Gasteiger partial charge in [0, 0.05) is 37.7 Å². The molecule has 5 aliphatic rings. The fraction of sp³-hybridized carbons (Fsp3) is 0.656. The molecule has 1 aliphatic carbocycles. The topological polar surface area (TPSA) is 82.2 Å². The van der Waals surface area contributed by atoms with E-state index < -0.39 is 6.04 Å². The SMILES string of the molecule is O=C1CCC(N2Cc3cc(OC[C@@H]4CCCCN4CC4CCN(CC5CC=CCC5)CC4)ccc3C2=O)C(=O)N1. The van der Waals surface area contributed by atoms with Gasteiger partial charge in [-0.1, -0.05) is 18.6 Å². The number of rotatable bonds is 8. The fourth-order valence-corrected chi connectivity index (χ4v) is 7.39. The smallest absolute Gasteiger partial charge is 0.255 e. The lowest BCUT2D eigenvalue weighted by molar-refractivity contribution is -0.136. The molecule has 4 heterocycles. The van der Waals surface area contributed by atoms with Crippen LogP contribution in [0.15, 0.2) is 30.4 Å². The Morgan fingerprint density at radius 1 is 0.900 bits per heavy atom. The minimum atomic E-state index is -0.589. The van der Waals surface area contributed by atoms with Crippen molar-refractivity contribution in [2.45, 2.75) is 82.8 Å². The minimum absolute atomic E-state index is 0.142. The van der Waals surface area contributed by atoms with Gasteiger partial charge in [-0.3, -0.25) is 24.6 Å². The van der Waals surface area contributed by atoms with Crippen molar-refractivity contribution in [3.05, 3.63) is 41.5 Å². The second-order valence-corrected chi connectivity index (χ2v) is 12.6. The molecule has 3 atom stereocenters. The molecule has 1 aromatic carbocycles. The number of fused-ring (bicyclic) bond motifs is 1. The molecule has 3 saturated heterocycles. The van der Waals surface area contributed by atoms with Crippen molar-refractivity contribution in [2.75, 3.05) is 39.3 Å². The molecule has 0 radical (unpaired) electrons. The van der Waals surface area contributed by atoms with Crippen LogP contribution in [0.3, 0.4) is 0 Å². The summed E-state index contributed by atoms with van der Waals surface area (Å²) in [7, 11) is 0. The van der Waals surface area contributed by atoms with Crippen LogP contribution in [0.4, 0.5) is 0 Å². The molecule has 4 aliphatic heterocycles. The second-order valence-electron chi connectivity index (χ2n) is 12.6. The highest BCUT2D eigenvalue weighted by Gasteiger charge is 2.39. The van der Waals surface area contributed by atoms with Gasteiger partial charge in [-0.25, -0.2) is 0 Å². The summed E-state index contributed by atoms with van der Waals surface area (Å²) in [5.41, 5.74) is 1.52. The number of hydrogen-bond acceptors (Lipinski definition) is 6. The Balaban J connectivity index is 0.995. The van der Waals surface area contributed by atoms with Crippen molar-refractivity contribution in [2.24, 2.45) is 11.8 Å². The highest BCUT2D eigenvalue weighted by atomic mass is 16.5. The maximum Gasteiger partial charge on any atom is 0.255 e. The lowest BCUT2D eigenvalue weighted by Gasteiger charge is -2.40. The number of ether oxygens (including phenoxy) is 1. The molecule has 6 rings (SSSR count). The van der Waals surface area contributed by atoms with E-state index in [4.69, 9.17) is 4.74 Å². The molecule has 40 heavy (non-hydrogen) atoms. The minimum Gasteiger partial charge on any atom is -0.492 e. The molecule has 1 aromatic rings. The van der Waals surface area contributed by atoms with Crippen LogP contribution in [-0.2, 0) is 16.1 Å². The number of benzene rings is 1. The molecular weight excluding hydrogens is 504 g/mol. The molecule has 1 N–H and O–H groups in total. The van der Waals surface area contributed by atoms with Crippen LogP contribution in [0.5, 0.6) is 5.75 Å². The maximum absolute atomic E-state index is 13.0. The van der Waals surface area contributed by atoms with Gasteiger partial charge < -0.3 is 14.5 Å². The average molecular weight is 549 g/mol. The molecule has 3 amide bonds. The van der Waals surface area contributed by atoms with Crippen LogP contribution in [-0.4, -0.2) is 83.8 Å². The van der Waals surface area contributed by atoms with Gasteiger partial charge in [0.25, 0.3) is 5.91 Å². The molecule has 3 fully saturated rings. The van der Waals surface area contributed by atoms with Crippen molar-refractivity contribution in [1.29, 1.82) is 0 Å². The van der Waals surface area contributed by atoms with Crippen molar-refractivity contribution in [1.82, 2.24) is 20.0 Å². The van der Waals surface area contributed by atoms with E-state index in [9.17, 15) is 14.4 Å². The zero-order valence-electron chi connectivity index (χ0n) is 23.7. The fourth-order valence-electron chi connectivity index (χ4n) is 7.39. The monoisotopic (exact) mass is 548 g/mol. The Hall–Kier alpha value is -2.71. The molecule has 8 heteroatoms. The number of imide groups is 1. The summed E-state index contributed by atoms with van der Waals surface area (Å²) < 4.78 is 6.33. The number of nitrogens with zero attached hydrogens (tertiary/aromatic N) is 3. The molecule has 0 saturated carbocycles. The summed E-state index contributed by atoms with van der Waals surface area (Å²) >= 11 is 0. The highest BCUT2D eigenvalue weighted by molar-refractivity contribution is 6.05. The summed E-state index contributed by atoms with van der Waals surface area (Å²) in [6.07, 6.45) is 15.5. The van der Waals surface area contributed by atoms with Crippen LogP contribution in [0.2, 0.25) is 0 Å². The van der Waals surface area contributed by atoms with E-state index >= 15 is 0 Å². The second kappa shape index (κ2) is 12.4. The molecule has 2 unspecified atom stereocenters. The Morgan fingerprint density at radius 2 is 1.77 bits per heavy atom. The highest BCUT2D eigenvalue weighted by Crippen LogP contribution is 2.31. The van der Waals surface area contributed by atoms with Crippen molar-refractivity contribution < 1.29 is 19.1 Å². The Morgan fingerprint density at radius 3 is 2.58 bits per heavy atom. The van der Waals surface area contributed by atoms with Crippen LogP contribution >= 0.6 is 0 Å². The lowest BCUT2D eigenvalue weighted by atomic mass is 9.90. The first-order chi connectivity index (χ1) is 19.5. The first kappa shape index (κ1) is 27.5. The Bertz CT molecular complexity index is 1130. The summed E-state index contributed by atoms with van der Waals surface area (Å²) in [5, 5.41) is 2.37. The van der Waals surface area contributed by atoms with E-state index in [2.05, 4.69) is 27.3 Å². The van der Waals surface area contributed by atoms with Gasteiger partial charge in [-0.2, -0.15) is 0 Å². The first-order valence-electron chi connectivity index (χ1n) is 15.6. The van der Waals surface area contributed by atoms with E-state index in [1.807, 2.05) is 18.2 Å². The van der Waals surface area contributed by atoms with Crippen molar-refractivity contribution in [3.63, 3.8) is 0 Å². The summed E-state index contributed by atoms with van der Waals surface area (Å²) in [6.45, 7) is 7.12. The van der Waals surface area contributed by atoms with Crippen LogP contribution in [0.25, 0.3) is 0 Å². The number of likely N-dealkylation sites (tertiary alicyclic amines) is 2. The normalized spacial score (nSPS) is 28.6. The molecule has 8 nitrogen and oxygen atoms in total. The number of carbonyl (C=O) groups is 3. The number of allylic oxidation sites excluding steroid dienone is 2.